The monoisotopic (exact) mass is 480 g/mol. The normalized spacial score (nSPS) is 14.4. The lowest BCUT2D eigenvalue weighted by atomic mass is 10.1. The molecule has 5 rings (SSSR count). The van der Waals surface area contributed by atoms with E-state index in [1.807, 2.05) is 23.1 Å². The Balaban J connectivity index is 1.32. The van der Waals surface area contributed by atoms with E-state index < -0.39 is 0 Å². The zero-order valence-electron chi connectivity index (χ0n) is 18.9. The van der Waals surface area contributed by atoms with Crippen molar-refractivity contribution in [3.8, 4) is 28.6 Å². The minimum atomic E-state index is 0.180. The van der Waals surface area contributed by atoms with Gasteiger partial charge in [-0.25, -0.2) is 4.68 Å². The highest BCUT2D eigenvalue weighted by Crippen LogP contribution is 2.32. The van der Waals surface area contributed by atoms with Gasteiger partial charge in [0.15, 0.2) is 0 Å². The highest BCUT2D eigenvalue weighted by molar-refractivity contribution is 6.30. The standard InChI is InChI=1S/C24H25ClN6O3/c1-33-21-15-17(25)7-8-18(21)24-26-23(28-34-24)16-6-9-20-19(14-16)27-29-31(20)13-10-22(32)30-11-4-2-3-5-12-30/h6-9,14-15H,2-5,10-13H2,1H3. The molecule has 1 aliphatic rings. The molecule has 0 saturated carbocycles. The third-order valence-corrected chi connectivity index (χ3v) is 6.32. The molecule has 4 aromatic rings. The molecule has 0 atom stereocenters. The number of hydrogen-bond donors (Lipinski definition) is 0. The van der Waals surface area contributed by atoms with Crippen LogP contribution in [0.5, 0.6) is 5.75 Å². The molecule has 1 aliphatic heterocycles. The number of rotatable bonds is 6. The highest BCUT2D eigenvalue weighted by atomic mass is 35.5. The van der Waals surface area contributed by atoms with E-state index in [1.165, 1.54) is 12.8 Å². The molecule has 34 heavy (non-hydrogen) atoms. The summed E-state index contributed by atoms with van der Waals surface area (Å²) in [6, 6.07) is 10.9. The largest absolute Gasteiger partial charge is 0.496 e. The Morgan fingerprint density at radius 1 is 1.12 bits per heavy atom. The van der Waals surface area contributed by atoms with E-state index in [4.69, 9.17) is 20.9 Å². The molecule has 176 valence electrons. The molecule has 3 heterocycles. The molecule has 0 bridgehead atoms. The van der Waals surface area contributed by atoms with Crippen molar-refractivity contribution in [2.24, 2.45) is 0 Å². The number of methoxy groups -OCH3 is 1. The fraction of sp³-hybridized carbons (Fsp3) is 0.375. The zero-order chi connectivity index (χ0) is 23.5. The average molecular weight is 481 g/mol. The summed E-state index contributed by atoms with van der Waals surface area (Å²) >= 11 is 6.04. The van der Waals surface area contributed by atoms with E-state index >= 15 is 0 Å². The van der Waals surface area contributed by atoms with E-state index in [-0.39, 0.29) is 5.91 Å². The Morgan fingerprint density at radius 2 is 1.94 bits per heavy atom. The predicted molar refractivity (Wildman–Crippen MR) is 127 cm³/mol. The summed E-state index contributed by atoms with van der Waals surface area (Å²) < 4.78 is 12.6. The van der Waals surface area contributed by atoms with Crippen LogP contribution in [0, 0.1) is 0 Å². The Hall–Kier alpha value is -3.46. The van der Waals surface area contributed by atoms with Crippen LogP contribution >= 0.6 is 11.6 Å². The molecule has 0 aliphatic carbocycles. The van der Waals surface area contributed by atoms with Crippen LogP contribution in [-0.2, 0) is 11.3 Å². The van der Waals surface area contributed by atoms with Gasteiger partial charge in [0, 0.05) is 30.1 Å². The van der Waals surface area contributed by atoms with Gasteiger partial charge in [-0.15, -0.1) is 5.10 Å². The van der Waals surface area contributed by atoms with Crippen LogP contribution in [0.15, 0.2) is 40.9 Å². The van der Waals surface area contributed by atoms with Gasteiger partial charge in [0.2, 0.25) is 11.7 Å². The number of carbonyl (C=O) groups is 1. The van der Waals surface area contributed by atoms with Gasteiger partial charge in [-0.05, 0) is 49.2 Å². The summed E-state index contributed by atoms with van der Waals surface area (Å²) in [5.74, 6) is 1.49. The molecular formula is C24H25ClN6O3. The first kappa shape index (κ1) is 22.3. The molecule has 2 aromatic carbocycles. The van der Waals surface area contributed by atoms with Gasteiger partial charge >= 0.3 is 0 Å². The fourth-order valence-corrected chi connectivity index (χ4v) is 4.41. The average Bonchev–Trinajstić information content (AvgIpc) is 3.41. The van der Waals surface area contributed by atoms with Gasteiger partial charge in [0.25, 0.3) is 5.89 Å². The fourth-order valence-electron chi connectivity index (χ4n) is 4.25. The molecular weight excluding hydrogens is 456 g/mol. The molecule has 0 radical (unpaired) electrons. The number of ether oxygens (including phenoxy) is 1. The number of carbonyl (C=O) groups excluding carboxylic acids is 1. The first-order chi connectivity index (χ1) is 16.6. The molecule has 1 amide bonds. The second-order valence-electron chi connectivity index (χ2n) is 8.33. The molecule has 1 fully saturated rings. The Morgan fingerprint density at radius 3 is 2.74 bits per heavy atom. The lowest BCUT2D eigenvalue weighted by molar-refractivity contribution is -0.131. The van der Waals surface area contributed by atoms with Gasteiger partial charge in [-0.1, -0.05) is 34.8 Å². The third-order valence-electron chi connectivity index (χ3n) is 6.09. The van der Waals surface area contributed by atoms with Crippen molar-refractivity contribution in [2.75, 3.05) is 20.2 Å². The second-order valence-corrected chi connectivity index (χ2v) is 8.77. The first-order valence-corrected chi connectivity index (χ1v) is 11.8. The van der Waals surface area contributed by atoms with Crippen LogP contribution in [0.1, 0.15) is 32.1 Å². The van der Waals surface area contributed by atoms with Crippen LogP contribution < -0.4 is 4.74 Å². The van der Waals surface area contributed by atoms with E-state index in [2.05, 4.69) is 20.5 Å². The quantitative estimate of drug-likeness (QED) is 0.397. The molecule has 2 aromatic heterocycles. The highest BCUT2D eigenvalue weighted by Gasteiger charge is 2.18. The third kappa shape index (κ3) is 4.61. The Bertz CT molecular complexity index is 1310. The first-order valence-electron chi connectivity index (χ1n) is 11.4. The number of amides is 1. The minimum absolute atomic E-state index is 0.180. The number of nitrogens with zero attached hydrogens (tertiary/aromatic N) is 6. The number of halogens is 1. The molecule has 9 nitrogen and oxygen atoms in total. The number of hydrogen-bond acceptors (Lipinski definition) is 7. The summed E-state index contributed by atoms with van der Waals surface area (Å²) in [7, 11) is 1.56. The molecule has 0 spiro atoms. The van der Waals surface area contributed by atoms with Gasteiger partial charge in [-0.3, -0.25) is 4.79 Å². The van der Waals surface area contributed by atoms with Gasteiger partial charge in [0.1, 0.15) is 11.3 Å². The number of fused-ring (bicyclic) bond motifs is 1. The lowest BCUT2D eigenvalue weighted by Crippen LogP contribution is -2.32. The summed E-state index contributed by atoms with van der Waals surface area (Å²) in [6.45, 7) is 2.21. The van der Waals surface area contributed by atoms with Crippen LogP contribution in [0.2, 0.25) is 5.02 Å². The maximum atomic E-state index is 12.6. The number of benzene rings is 2. The number of likely N-dealkylation sites (tertiary alicyclic amines) is 1. The maximum Gasteiger partial charge on any atom is 0.262 e. The predicted octanol–water partition coefficient (Wildman–Crippen LogP) is 4.60. The van der Waals surface area contributed by atoms with Crippen molar-refractivity contribution in [1.29, 1.82) is 0 Å². The van der Waals surface area contributed by atoms with Crippen molar-refractivity contribution in [3.63, 3.8) is 0 Å². The smallest absolute Gasteiger partial charge is 0.262 e. The van der Waals surface area contributed by atoms with Crippen LogP contribution in [0.3, 0.4) is 0 Å². The van der Waals surface area contributed by atoms with E-state index in [0.717, 1.165) is 37.0 Å². The summed E-state index contributed by atoms with van der Waals surface area (Å²) in [5.41, 5.74) is 2.97. The van der Waals surface area contributed by atoms with Crippen LogP contribution in [0.4, 0.5) is 0 Å². The van der Waals surface area contributed by atoms with Crippen LogP contribution in [0.25, 0.3) is 33.9 Å². The maximum absolute atomic E-state index is 12.6. The van der Waals surface area contributed by atoms with Crippen molar-refractivity contribution in [2.45, 2.75) is 38.6 Å². The summed E-state index contributed by atoms with van der Waals surface area (Å²) in [5, 5.41) is 13.2. The van der Waals surface area contributed by atoms with E-state index in [9.17, 15) is 4.79 Å². The Kier molecular flexibility index (Phi) is 6.44. The Labute approximate surface area is 201 Å². The van der Waals surface area contributed by atoms with Gasteiger partial charge < -0.3 is 14.2 Å². The molecule has 10 heteroatoms. The van der Waals surface area contributed by atoms with Crippen LogP contribution in [-0.4, -0.2) is 56.1 Å². The van der Waals surface area contributed by atoms with E-state index in [0.29, 0.717) is 46.5 Å². The number of aromatic nitrogens is 5. The van der Waals surface area contributed by atoms with E-state index in [1.54, 1.807) is 30.0 Å². The molecule has 0 unspecified atom stereocenters. The minimum Gasteiger partial charge on any atom is -0.496 e. The van der Waals surface area contributed by atoms with Crippen molar-refractivity contribution < 1.29 is 14.1 Å². The van der Waals surface area contributed by atoms with Crippen molar-refractivity contribution in [1.82, 2.24) is 30.0 Å². The summed E-state index contributed by atoms with van der Waals surface area (Å²) in [6.07, 6.45) is 4.99. The lowest BCUT2D eigenvalue weighted by Gasteiger charge is -2.20. The second kappa shape index (κ2) is 9.80. The summed E-state index contributed by atoms with van der Waals surface area (Å²) in [4.78, 5) is 19.1. The number of aryl methyl sites for hydroxylation is 1. The van der Waals surface area contributed by atoms with Gasteiger partial charge in [0.05, 0.1) is 24.7 Å². The van der Waals surface area contributed by atoms with Gasteiger partial charge in [-0.2, -0.15) is 4.98 Å². The molecule has 1 saturated heterocycles. The molecule has 0 N–H and O–H groups in total. The van der Waals surface area contributed by atoms with Crippen molar-refractivity contribution in [3.05, 3.63) is 41.4 Å². The topological polar surface area (TPSA) is 99.2 Å². The zero-order valence-corrected chi connectivity index (χ0v) is 19.7. The SMILES string of the molecule is COc1cc(Cl)ccc1-c1nc(-c2ccc3c(c2)nnn3CCC(=O)N2CCCCCC2)no1. The van der Waals surface area contributed by atoms with Crippen molar-refractivity contribution >= 4 is 28.5 Å².